The zero-order valence-corrected chi connectivity index (χ0v) is 14.4. The summed E-state index contributed by atoms with van der Waals surface area (Å²) in [5.41, 5.74) is 0.847. The first-order chi connectivity index (χ1) is 9.74. The van der Waals surface area contributed by atoms with E-state index in [1.165, 1.54) is 5.57 Å². The Morgan fingerprint density at radius 3 is 2.48 bits per heavy atom. The number of carbonyl (C=O) groups excluding carboxylic acids is 1. The number of allylic oxidation sites excluding steroid dienone is 1. The van der Waals surface area contributed by atoms with Crippen LogP contribution in [0.15, 0.2) is 11.6 Å². The van der Waals surface area contributed by atoms with Gasteiger partial charge in [-0.3, -0.25) is 0 Å². The van der Waals surface area contributed by atoms with Gasteiger partial charge in [0.25, 0.3) is 0 Å². The number of amides is 1. The van der Waals surface area contributed by atoms with Gasteiger partial charge >= 0.3 is 6.09 Å². The topological polar surface area (TPSA) is 59.6 Å². The van der Waals surface area contributed by atoms with Crippen LogP contribution in [0.4, 0.5) is 4.79 Å². The highest BCUT2D eigenvalue weighted by Crippen LogP contribution is 2.06. The van der Waals surface area contributed by atoms with E-state index in [4.69, 9.17) is 9.47 Å². The van der Waals surface area contributed by atoms with E-state index < -0.39 is 5.60 Å². The molecule has 1 atom stereocenters. The highest BCUT2D eigenvalue weighted by atomic mass is 16.6. The van der Waals surface area contributed by atoms with Crippen molar-refractivity contribution in [3.05, 3.63) is 11.6 Å². The van der Waals surface area contributed by atoms with Crippen LogP contribution in [-0.4, -0.2) is 44.5 Å². The smallest absolute Gasteiger partial charge is 0.407 e. The summed E-state index contributed by atoms with van der Waals surface area (Å²) in [6.45, 7) is 11.9. The van der Waals surface area contributed by atoms with Gasteiger partial charge < -0.3 is 20.1 Å². The summed E-state index contributed by atoms with van der Waals surface area (Å²) in [5, 5.41) is 6.20. The van der Waals surface area contributed by atoms with E-state index in [0.29, 0.717) is 19.2 Å². The summed E-state index contributed by atoms with van der Waals surface area (Å²) in [5.74, 6) is 0. The van der Waals surface area contributed by atoms with Gasteiger partial charge in [-0.15, -0.1) is 0 Å². The Morgan fingerprint density at radius 2 is 1.95 bits per heavy atom. The van der Waals surface area contributed by atoms with Crippen LogP contribution in [-0.2, 0) is 9.47 Å². The summed E-state index contributed by atoms with van der Waals surface area (Å²) < 4.78 is 10.4. The van der Waals surface area contributed by atoms with Crippen molar-refractivity contribution in [2.75, 3.05) is 26.8 Å². The second-order valence-corrected chi connectivity index (χ2v) is 6.41. The van der Waals surface area contributed by atoms with E-state index in [1.807, 2.05) is 20.8 Å². The molecule has 5 heteroatoms. The Labute approximate surface area is 129 Å². The van der Waals surface area contributed by atoms with Crippen LogP contribution < -0.4 is 10.6 Å². The predicted molar refractivity (Wildman–Crippen MR) is 86.6 cm³/mol. The van der Waals surface area contributed by atoms with Crippen molar-refractivity contribution in [2.45, 2.75) is 59.1 Å². The molecule has 0 saturated carbocycles. The average Bonchev–Trinajstić information content (AvgIpc) is 2.31. The van der Waals surface area contributed by atoms with Crippen LogP contribution in [0.5, 0.6) is 0 Å². The van der Waals surface area contributed by atoms with Crippen molar-refractivity contribution < 1.29 is 14.3 Å². The van der Waals surface area contributed by atoms with E-state index in [2.05, 4.69) is 30.6 Å². The predicted octanol–water partition coefficient (Wildman–Crippen LogP) is 2.86. The van der Waals surface area contributed by atoms with Gasteiger partial charge in [0.15, 0.2) is 0 Å². The first kappa shape index (κ1) is 19.9. The molecule has 1 amide bonds. The minimum atomic E-state index is -0.450. The maximum absolute atomic E-state index is 11.5. The van der Waals surface area contributed by atoms with Crippen LogP contribution in [0.1, 0.15) is 47.5 Å². The van der Waals surface area contributed by atoms with Crippen molar-refractivity contribution >= 4 is 6.09 Å². The highest BCUT2D eigenvalue weighted by molar-refractivity contribution is 5.67. The van der Waals surface area contributed by atoms with Crippen molar-refractivity contribution in [1.82, 2.24) is 10.6 Å². The second-order valence-electron chi connectivity index (χ2n) is 6.41. The molecule has 124 valence electrons. The molecule has 0 aromatic heterocycles. The number of rotatable bonds is 9. The quantitative estimate of drug-likeness (QED) is 0.508. The summed E-state index contributed by atoms with van der Waals surface area (Å²) >= 11 is 0. The normalized spacial score (nSPS) is 12.7. The first-order valence-corrected chi connectivity index (χ1v) is 7.57. The zero-order chi connectivity index (χ0) is 16.3. The molecule has 0 aromatic carbocycles. The molecule has 0 rings (SSSR count). The first-order valence-electron chi connectivity index (χ1n) is 7.57. The Kier molecular flexibility index (Phi) is 10.1. The molecule has 0 aliphatic heterocycles. The van der Waals surface area contributed by atoms with E-state index in [-0.39, 0.29) is 6.09 Å². The fraction of sp³-hybridized carbons (Fsp3) is 0.812. The Bertz CT molecular complexity index is 318. The summed E-state index contributed by atoms with van der Waals surface area (Å²) in [7, 11) is 1.70. The number of alkyl carbamates (subject to hydrolysis) is 1. The van der Waals surface area contributed by atoms with Gasteiger partial charge in [0.05, 0.1) is 6.61 Å². The third kappa shape index (κ3) is 13.7. The minimum Gasteiger partial charge on any atom is -0.444 e. The molecule has 5 nitrogen and oxygen atoms in total. The van der Waals surface area contributed by atoms with Gasteiger partial charge in [-0.25, -0.2) is 4.79 Å². The SMILES string of the molecule is COCC(CCCNC(=O)OC(C)(C)C)NCC=C(C)C. The van der Waals surface area contributed by atoms with E-state index in [0.717, 1.165) is 19.4 Å². The molecule has 0 fully saturated rings. The van der Waals surface area contributed by atoms with Gasteiger partial charge in [0.2, 0.25) is 0 Å². The number of hydrogen-bond acceptors (Lipinski definition) is 4. The van der Waals surface area contributed by atoms with Crippen LogP contribution >= 0.6 is 0 Å². The molecule has 21 heavy (non-hydrogen) atoms. The van der Waals surface area contributed by atoms with E-state index in [9.17, 15) is 4.79 Å². The van der Waals surface area contributed by atoms with Crippen molar-refractivity contribution in [3.63, 3.8) is 0 Å². The largest absolute Gasteiger partial charge is 0.444 e. The van der Waals surface area contributed by atoms with Crippen molar-refractivity contribution in [3.8, 4) is 0 Å². The van der Waals surface area contributed by atoms with E-state index in [1.54, 1.807) is 7.11 Å². The van der Waals surface area contributed by atoms with Gasteiger partial charge in [-0.1, -0.05) is 11.6 Å². The third-order valence-electron chi connectivity index (χ3n) is 2.68. The summed E-state index contributed by atoms with van der Waals surface area (Å²) in [6.07, 6.45) is 3.63. The minimum absolute atomic E-state index is 0.297. The molecule has 0 aliphatic carbocycles. The van der Waals surface area contributed by atoms with Gasteiger partial charge in [0.1, 0.15) is 5.60 Å². The maximum Gasteiger partial charge on any atom is 0.407 e. The maximum atomic E-state index is 11.5. The molecule has 2 N–H and O–H groups in total. The standard InChI is InChI=1S/C16H32N2O3/c1-13(2)9-11-17-14(12-20-6)8-7-10-18-15(19)21-16(3,4)5/h9,14,17H,7-8,10-12H2,1-6H3,(H,18,19). The van der Waals surface area contributed by atoms with E-state index >= 15 is 0 Å². The van der Waals surface area contributed by atoms with Crippen LogP contribution in [0, 0.1) is 0 Å². The molecule has 1 unspecified atom stereocenters. The molecule has 0 spiro atoms. The van der Waals surface area contributed by atoms with Crippen molar-refractivity contribution in [2.24, 2.45) is 0 Å². The van der Waals surface area contributed by atoms with Gasteiger partial charge in [0, 0.05) is 26.2 Å². The van der Waals surface area contributed by atoms with Crippen LogP contribution in [0.2, 0.25) is 0 Å². The number of methoxy groups -OCH3 is 1. The molecule has 0 heterocycles. The zero-order valence-electron chi connectivity index (χ0n) is 14.4. The van der Waals surface area contributed by atoms with Crippen LogP contribution in [0.3, 0.4) is 0 Å². The Morgan fingerprint density at radius 1 is 1.29 bits per heavy atom. The molecular formula is C16H32N2O3. The fourth-order valence-electron chi connectivity index (χ4n) is 1.73. The fourth-order valence-corrected chi connectivity index (χ4v) is 1.73. The van der Waals surface area contributed by atoms with Crippen LogP contribution in [0.25, 0.3) is 0 Å². The molecule has 0 saturated heterocycles. The average molecular weight is 300 g/mol. The Hall–Kier alpha value is -1.07. The van der Waals surface area contributed by atoms with Gasteiger partial charge in [-0.05, 0) is 47.5 Å². The third-order valence-corrected chi connectivity index (χ3v) is 2.68. The molecule has 0 aliphatic rings. The number of ether oxygens (including phenoxy) is 2. The summed E-state index contributed by atoms with van der Waals surface area (Å²) in [4.78, 5) is 11.5. The second kappa shape index (κ2) is 10.6. The monoisotopic (exact) mass is 300 g/mol. The van der Waals surface area contributed by atoms with Gasteiger partial charge in [-0.2, -0.15) is 0 Å². The highest BCUT2D eigenvalue weighted by Gasteiger charge is 2.15. The lowest BCUT2D eigenvalue weighted by atomic mass is 10.1. The lowest BCUT2D eigenvalue weighted by Crippen LogP contribution is -2.36. The summed E-state index contributed by atoms with van der Waals surface area (Å²) in [6, 6.07) is 0.297. The number of carbonyl (C=O) groups is 1. The molecular weight excluding hydrogens is 268 g/mol. The lowest BCUT2D eigenvalue weighted by Gasteiger charge is -2.20. The Balaban J connectivity index is 3.87. The lowest BCUT2D eigenvalue weighted by molar-refractivity contribution is 0.0526. The number of nitrogens with one attached hydrogen (secondary N) is 2. The number of hydrogen-bond donors (Lipinski definition) is 2. The molecule has 0 aromatic rings. The molecule has 0 radical (unpaired) electrons. The van der Waals surface area contributed by atoms with Crippen molar-refractivity contribution in [1.29, 1.82) is 0 Å². The molecule has 0 bridgehead atoms.